The number of carbonyl (C=O) groups is 1. The summed E-state index contributed by atoms with van der Waals surface area (Å²) >= 11 is 0. The van der Waals surface area contributed by atoms with Gasteiger partial charge in [-0.1, -0.05) is 18.2 Å². The van der Waals surface area contributed by atoms with Crippen molar-refractivity contribution in [3.63, 3.8) is 0 Å². The van der Waals surface area contributed by atoms with Crippen LogP contribution in [0.2, 0.25) is 0 Å². The van der Waals surface area contributed by atoms with Crippen LogP contribution in [0.3, 0.4) is 0 Å². The van der Waals surface area contributed by atoms with Crippen LogP contribution >= 0.6 is 0 Å². The molecule has 0 bridgehead atoms. The molecule has 0 aliphatic rings. The first-order valence-corrected chi connectivity index (χ1v) is 10.3. The van der Waals surface area contributed by atoms with E-state index in [0.717, 1.165) is 5.75 Å². The number of amides is 1. The molecule has 0 aliphatic heterocycles. The van der Waals surface area contributed by atoms with E-state index >= 15 is 0 Å². The van der Waals surface area contributed by atoms with Crippen LogP contribution in [0.1, 0.15) is 23.2 Å². The van der Waals surface area contributed by atoms with E-state index in [1.54, 1.807) is 11.9 Å². The molecule has 0 radical (unpaired) electrons. The number of nitrogens with zero attached hydrogens (tertiary/aromatic N) is 2. The lowest BCUT2D eigenvalue weighted by molar-refractivity contribution is 0.0787. The van der Waals surface area contributed by atoms with Crippen molar-refractivity contribution in [1.29, 1.82) is 5.26 Å². The molecule has 0 aliphatic carbocycles. The predicted octanol–water partition coefficient (Wildman–Crippen LogP) is 2.42. The van der Waals surface area contributed by atoms with E-state index < -0.39 is 10.0 Å². The zero-order valence-electron chi connectivity index (χ0n) is 15.7. The Morgan fingerprint density at radius 3 is 2.46 bits per heavy atom. The van der Waals surface area contributed by atoms with Gasteiger partial charge in [0.15, 0.2) is 0 Å². The van der Waals surface area contributed by atoms with Crippen molar-refractivity contribution in [3.8, 4) is 11.8 Å². The molecule has 2 aromatic rings. The molecule has 28 heavy (non-hydrogen) atoms. The third kappa shape index (κ3) is 6.37. The summed E-state index contributed by atoms with van der Waals surface area (Å²) in [7, 11) is -1.99. The minimum absolute atomic E-state index is 0.0489. The Morgan fingerprint density at radius 1 is 1.14 bits per heavy atom. The number of nitriles is 1. The van der Waals surface area contributed by atoms with Gasteiger partial charge in [0.2, 0.25) is 10.0 Å². The van der Waals surface area contributed by atoms with Gasteiger partial charge in [-0.25, -0.2) is 13.1 Å². The second-order valence-corrected chi connectivity index (χ2v) is 7.84. The highest BCUT2D eigenvalue weighted by Crippen LogP contribution is 2.13. The van der Waals surface area contributed by atoms with E-state index in [1.807, 2.05) is 36.4 Å². The fourth-order valence-corrected chi connectivity index (χ4v) is 3.46. The molecule has 1 amide bonds. The molecule has 0 spiro atoms. The molecular formula is C20H23N3O4S. The summed E-state index contributed by atoms with van der Waals surface area (Å²) in [6.07, 6.45) is 0.765. The van der Waals surface area contributed by atoms with E-state index in [2.05, 4.69) is 4.72 Å². The number of benzene rings is 2. The molecule has 0 saturated heterocycles. The second kappa shape index (κ2) is 10.4. The van der Waals surface area contributed by atoms with E-state index in [0.29, 0.717) is 25.1 Å². The first kappa shape index (κ1) is 21.4. The quantitative estimate of drug-likeness (QED) is 0.617. The highest BCUT2D eigenvalue weighted by molar-refractivity contribution is 7.89. The first-order valence-electron chi connectivity index (χ1n) is 8.84. The molecule has 0 aromatic heterocycles. The predicted molar refractivity (Wildman–Crippen MR) is 105 cm³/mol. The summed E-state index contributed by atoms with van der Waals surface area (Å²) in [6, 6.07) is 17.1. The summed E-state index contributed by atoms with van der Waals surface area (Å²) in [5.74, 6) is 0.595. The average Bonchev–Trinajstić information content (AvgIpc) is 2.71. The SMILES string of the molecule is CN(CCCOc1ccccc1)C(=O)c1ccc(S(=O)(=O)NCCC#N)cc1. The van der Waals surface area contributed by atoms with Crippen LogP contribution in [0.5, 0.6) is 5.75 Å². The smallest absolute Gasteiger partial charge is 0.253 e. The number of hydrogen-bond donors (Lipinski definition) is 1. The number of ether oxygens (including phenoxy) is 1. The van der Waals surface area contributed by atoms with Gasteiger partial charge in [-0.3, -0.25) is 4.79 Å². The number of hydrogen-bond acceptors (Lipinski definition) is 5. The lowest BCUT2D eigenvalue weighted by Crippen LogP contribution is -2.29. The van der Waals surface area contributed by atoms with Gasteiger partial charge in [0.05, 0.1) is 17.6 Å². The minimum Gasteiger partial charge on any atom is -0.494 e. The van der Waals surface area contributed by atoms with Crippen LogP contribution in [-0.4, -0.2) is 46.0 Å². The largest absolute Gasteiger partial charge is 0.494 e. The molecule has 8 heteroatoms. The van der Waals surface area contributed by atoms with Crippen molar-refractivity contribution in [2.24, 2.45) is 0 Å². The molecule has 0 fully saturated rings. The minimum atomic E-state index is -3.68. The Kier molecular flexibility index (Phi) is 7.99. The average molecular weight is 401 g/mol. The zero-order valence-corrected chi connectivity index (χ0v) is 16.5. The van der Waals surface area contributed by atoms with Gasteiger partial charge in [-0.15, -0.1) is 0 Å². The van der Waals surface area contributed by atoms with Crippen LogP contribution in [-0.2, 0) is 10.0 Å². The van der Waals surface area contributed by atoms with Gasteiger partial charge >= 0.3 is 0 Å². The number of sulfonamides is 1. The van der Waals surface area contributed by atoms with Crippen molar-refractivity contribution in [1.82, 2.24) is 9.62 Å². The van der Waals surface area contributed by atoms with Crippen LogP contribution in [0.15, 0.2) is 59.5 Å². The Morgan fingerprint density at radius 2 is 1.82 bits per heavy atom. The zero-order chi connectivity index (χ0) is 20.4. The number of nitrogens with one attached hydrogen (secondary N) is 1. The molecule has 2 rings (SSSR count). The Balaban J connectivity index is 1.85. The lowest BCUT2D eigenvalue weighted by Gasteiger charge is -2.17. The van der Waals surface area contributed by atoms with Gasteiger partial charge in [0.1, 0.15) is 5.75 Å². The van der Waals surface area contributed by atoms with E-state index in [1.165, 1.54) is 24.3 Å². The molecule has 0 saturated carbocycles. The number of carbonyl (C=O) groups excluding carboxylic acids is 1. The summed E-state index contributed by atoms with van der Waals surface area (Å²) in [4.78, 5) is 14.1. The van der Waals surface area contributed by atoms with Crippen LogP contribution in [0, 0.1) is 11.3 Å². The van der Waals surface area contributed by atoms with Gasteiger partial charge in [0.25, 0.3) is 5.91 Å². The number of para-hydroxylation sites is 1. The van der Waals surface area contributed by atoms with Crippen molar-refractivity contribution in [2.45, 2.75) is 17.7 Å². The standard InChI is InChI=1S/C20H23N3O4S/c1-23(15-6-16-27-18-7-3-2-4-8-18)20(24)17-9-11-19(12-10-17)28(25,26)22-14-5-13-21/h2-4,7-12,22H,5-6,14-16H2,1H3. The fraction of sp³-hybridized carbons (Fsp3) is 0.300. The Bertz CT molecular complexity index is 907. The highest BCUT2D eigenvalue weighted by Gasteiger charge is 2.16. The van der Waals surface area contributed by atoms with E-state index in [4.69, 9.17) is 10.00 Å². The Hall–Kier alpha value is -2.89. The lowest BCUT2D eigenvalue weighted by atomic mass is 10.2. The third-order valence-corrected chi connectivity index (χ3v) is 5.41. The molecule has 0 heterocycles. The van der Waals surface area contributed by atoms with E-state index in [9.17, 15) is 13.2 Å². The molecule has 1 N–H and O–H groups in total. The molecule has 7 nitrogen and oxygen atoms in total. The van der Waals surface area contributed by atoms with Crippen LogP contribution in [0.25, 0.3) is 0 Å². The molecule has 2 aromatic carbocycles. The first-order chi connectivity index (χ1) is 13.4. The van der Waals surface area contributed by atoms with Gasteiger partial charge in [-0.2, -0.15) is 5.26 Å². The van der Waals surface area contributed by atoms with Crippen molar-refractivity contribution in [2.75, 3.05) is 26.7 Å². The summed E-state index contributed by atoms with van der Waals surface area (Å²) in [6.45, 7) is 1.06. The summed E-state index contributed by atoms with van der Waals surface area (Å²) < 4.78 is 32.1. The van der Waals surface area contributed by atoms with Crippen LogP contribution < -0.4 is 9.46 Å². The summed E-state index contributed by atoms with van der Waals surface area (Å²) in [5, 5.41) is 8.48. The maximum absolute atomic E-state index is 12.5. The molecule has 0 unspecified atom stereocenters. The van der Waals surface area contributed by atoms with Crippen molar-refractivity contribution >= 4 is 15.9 Å². The van der Waals surface area contributed by atoms with Crippen molar-refractivity contribution in [3.05, 3.63) is 60.2 Å². The van der Waals surface area contributed by atoms with Gasteiger partial charge in [0, 0.05) is 32.1 Å². The summed E-state index contributed by atoms with van der Waals surface area (Å²) in [5.41, 5.74) is 0.405. The number of rotatable bonds is 10. The van der Waals surface area contributed by atoms with Gasteiger partial charge < -0.3 is 9.64 Å². The third-order valence-electron chi connectivity index (χ3n) is 3.94. The van der Waals surface area contributed by atoms with Crippen LogP contribution in [0.4, 0.5) is 0 Å². The van der Waals surface area contributed by atoms with Crippen molar-refractivity contribution < 1.29 is 17.9 Å². The molecule has 148 valence electrons. The molecule has 0 atom stereocenters. The maximum atomic E-state index is 12.5. The van der Waals surface area contributed by atoms with E-state index in [-0.39, 0.29) is 23.8 Å². The monoisotopic (exact) mass is 401 g/mol. The maximum Gasteiger partial charge on any atom is 0.253 e. The fourth-order valence-electron chi connectivity index (χ4n) is 2.43. The second-order valence-electron chi connectivity index (χ2n) is 6.07. The topological polar surface area (TPSA) is 99.5 Å². The molecular weight excluding hydrogens is 378 g/mol. The van der Waals surface area contributed by atoms with Gasteiger partial charge in [-0.05, 0) is 42.8 Å². The Labute approximate surface area is 165 Å². The normalized spacial score (nSPS) is 10.9. The highest BCUT2D eigenvalue weighted by atomic mass is 32.2.